The maximum atomic E-state index is 6.67. The summed E-state index contributed by atoms with van der Waals surface area (Å²) in [6.07, 6.45) is 0. The molecule has 5 nitrogen and oxygen atoms in total. The molecule has 0 radical (unpaired) electrons. The fourth-order valence-electron chi connectivity index (χ4n) is 8.01. The summed E-state index contributed by atoms with van der Waals surface area (Å²) in [5, 5.41) is 5.70. The minimum Gasteiger partial charge on any atom is -0.452 e. The molecule has 0 bridgehead atoms. The Labute approximate surface area is 292 Å². The predicted molar refractivity (Wildman–Crippen MR) is 209 cm³/mol. The molecule has 238 valence electrons. The molecule has 11 rings (SSSR count). The van der Waals surface area contributed by atoms with Gasteiger partial charge in [0.15, 0.2) is 5.58 Å². The monoisotopic (exact) mass is 652 g/mol. The summed E-state index contributed by atoms with van der Waals surface area (Å²) in [4.78, 5) is 10.7. The van der Waals surface area contributed by atoms with Crippen molar-refractivity contribution in [3.63, 3.8) is 0 Å². The zero-order valence-electron chi connectivity index (χ0n) is 27.4. The molecule has 0 saturated heterocycles. The molecule has 0 aliphatic carbocycles. The highest BCUT2D eigenvalue weighted by molar-refractivity contribution is 6.16. The van der Waals surface area contributed by atoms with Gasteiger partial charge >= 0.3 is 0 Å². The smallest absolute Gasteiger partial charge is 0.236 e. The lowest BCUT2D eigenvalue weighted by molar-refractivity contribution is 0.666. The van der Waals surface area contributed by atoms with E-state index >= 15 is 0 Å². The van der Waals surface area contributed by atoms with Crippen LogP contribution < -0.4 is 0 Å². The van der Waals surface area contributed by atoms with Crippen molar-refractivity contribution in [2.45, 2.75) is 0 Å². The van der Waals surface area contributed by atoms with Crippen LogP contribution in [0.2, 0.25) is 0 Å². The second-order valence-corrected chi connectivity index (χ2v) is 13.0. The Morgan fingerprint density at radius 1 is 0.412 bits per heavy atom. The topological polar surface area (TPSA) is 48.8 Å². The predicted octanol–water partition coefficient (Wildman–Crippen LogP) is 11.9. The maximum Gasteiger partial charge on any atom is 0.236 e. The highest BCUT2D eigenvalue weighted by atomic mass is 16.3. The van der Waals surface area contributed by atoms with Crippen molar-refractivity contribution in [3.8, 4) is 34.0 Å². The Kier molecular flexibility index (Phi) is 5.89. The van der Waals surface area contributed by atoms with Crippen molar-refractivity contribution in [1.29, 1.82) is 0 Å². The summed E-state index contributed by atoms with van der Waals surface area (Å²) in [6.45, 7) is 0. The third kappa shape index (κ3) is 4.03. The molecule has 4 heterocycles. The minimum absolute atomic E-state index is 0.602. The number of hydrogen-bond donors (Lipinski definition) is 0. The van der Waals surface area contributed by atoms with E-state index < -0.39 is 0 Å². The Bertz CT molecular complexity index is 3090. The van der Waals surface area contributed by atoms with Crippen LogP contribution in [-0.4, -0.2) is 19.1 Å². The van der Waals surface area contributed by atoms with Crippen molar-refractivity contribution in [2.24, 2.45) is 0 Å². The SMILES string of the molecule is c1ccc(-c2cccc3c2c2ccccc2n3-c2ccccc2-c2nc(-n3c4ccccc4c4ccccc43)nc3c2oc2ccccc23)cc1. The van der Waals surface area contributed by atoms with Crippen LogP contribution in [0.5, 0.6) is 0 Å². The van der Waals surface area contributed by atoms with E-state index in [0.717, 1.165) is 66.3 Å². The highest BCUT2D eigenvalue weighted by Gasteiger charge is 2.24. The molecule has 4 aromatic heterocycles. The molecule has 5 heteroatoms. The van der Waals surface area contributed by atoms with Crippen LogP contribution in [0.15, 0.2) is 174 Å². The highest BCUT2D eigenvalue weighted by Crippen LogP contribution is 2.43. The van der Waals surface area contributed by atoms with Crippen molar-refractivity contribution in [3.05, 3.63) is 170 Å². The fourth-order valence-corrected chi connectivity index (χ4v) is 8.01. The molecule has 0 N–H and O–H groups in total. The number of fused-ring (bicyclic) bond motifs is 9. The average molecular weight is 653 g/mol. The number of furan rings is 1. The normalized spacial score (nSPS) is 11.9. The van der Waals surface area contributed by atoms with E-state index in [2.05, 4.69) is 161 Å². The van der Waals surface area contributed by atoms with Gasteiger partial charge in [-0.2, -0.15) is 0 Å². The van der Waals surface area contributed by atoms with Gasteiger partial charge in [0, 0.05) is 32.5 Å². The third-order valence-corrected chi connectivity index (χ3v) is 10.2. The summed E-state index contributed by atoms with van der Waals surface area (Å²) in [7, 11) is 0. The number of para-hydroxylation sites is 5. The summed E-state index contributed by atoms with van der Waals surface area (Å²) >= 11 is 0. The summed E-state index contributed by atoms with van der Waals surface area (Å²) in [5.74, 6) is 0.602. The van der Waals surface area contributed by atoms with Gasteiger partial charge in [0.05, 0.1) is 27.8 Å². The van der Waals surface area contributed by atoms with Crippen LogP contribution in [0.4, 0.5) is 0 Å². The van der Waals surface area contributed by atoms with Crippen molar-refractivity contribution in [1.82, 2.24) is 19.1 Å². The van der Waals surface area contributed by atoms with E-state index in [9.17, 15) is 0 Å². The molecule has 0 aliphatic heterocycles. The second kappa shape index (κ2) is 10.8. The Hall–Kier alpha value is -6.98. The first kappa shape index (κ1) is 27.9. The van der Waals surface area contributed by atoms with Gasteiger partial charge in [0.25, 0.3) is 0 Å². The molecule has 11 aromatic rings. The third-order valence-electron chi connectivity index (χ3n) is 10.2. The van der Waals surface area contributed by atoms with Crippen LogP contribution in [0, 0.1) is 0 Å². The molecule has 0 fully saturated rings. The van der Waals surface area contributed by atoms with E-state index in [1.165, 1.54) is 21.9 Å². The Morgan fingerprint density at radius 2 is 0.980 bits per heavy atom. The zero-order chi connectivity index (χ0) is 33.5. The van der Waals surface area contributed by atoms with Crippen molar-refractivity contribution in [2.75, 3.05) is 0 Å². The van der Waals surface area contributed by atoms with E-state index in [-0.39, 0.29) is 0 Å². The molecule has 0 atom stereocenters. The van der Waals surface area contributed by atoms with Crippen LogP contribution in [0.1, 0.15) is 0 Å². The fraction of sp³-hybridized carbons (Fsp3) is 0. The quantitative estimate of drug-likeness (QED) is 0.190. The van der Waals surface area contributed by atoms with Gasteiger partial charge in [-0.05, 0) is 53.6 Å². The van der Waals surface area contributed by atoms with Gasteiger partial charge in [0.1, 0.15) is 16.8 Å². The van der Waals surface area contributed by atoms with Crippen LogP contribution in [0.25, 0.3) is 99.7 Å². The first-order chi connectivity index (χ1) is 25.3. The van der Waals surface area contributed by atoms with Gasteiger partial charge in [-0.15, -0.1) is 0 Å². The standard InChI is InChI=1S/C46H28N4O/c1-2-15-29(16-3-1)30-22-14-27-40-42(30)33-19-6-11-25-38(33)49(40)39-26-12-7-20-34(39)43-45-44(35-21-8-13-28-41(35)51-45)48-46(47-43)50-36-23-9-4-17-31(36)32-18-5-10-24-37(32)50/h1-28H. The molecule has 0 aliphatic rings. The van der Waals surface area contributed by atoms with Crippen molar-refractivity contribution >= 4 is 65.7 Å². The Balaban J connectivity index is 1.26. The average Bonchev–Trinajstić information content (AvgIpc) is 3.86. The van der Waals surface area contributed by atoms with Crippen LogP contribution in [-0.2, 0) is 0 Å². The second-order valence-electron chi connectivity index (χ2n) is 13.0. The molecule has 51 heavy (non-hydrogen) atoms. The lowest BCUT2D eigenvalue weighted by atomic mass is 9.99. The Morgan fingerprint density at radius 3 is 1.75 bits per heavy atom. The van der Waals surface area contributed by atoms with E-state index in [0.29, 0.717) is 11.5 Å². The van der Waals surface area contributed by atoms with Gasteiger partial charge in [-0.1, -0.05) is 127 Å². The summed E-state index contributed by atoms with van der Waals surface area (Å²) in [6, 6.07) is 59.5. The maximum absolute atomic E-state index is 6.67. The summed E-state index contributed by atoms with van der Waals surface area (Å²) < 4.78 is 11.2. The lowest BCUT2D eigenvalue weighted by Crippen LogP contribution is -2.04. The van der Waals surface area contributed by atoms with Gasteiger partial charge in [-0.3, -0.25) is 4.57 Å². The molecular formula is C46H28N4O. The molecule has 7 aromatic carbocycles. The van der Waals surface area contributed by atoms with Crippen LogP contribution >= 0.6 is 0 Å². The number of benzene rings is 7. The van der Waals surface area contributed by atoms with E-state index in [1.807, 2.05) is 18.2 Å². The number of aromatic nitrogens is 4. The lowest BCUT2D eigenvalue weighted by Gasteiger charge is -2.15. The van der Waals surface area contributed by atoms with E-state index in [4.69, 9.17) is 14.4 Å². The summed E-state index contributed by atoms with van der Waals surface area (Å²) in [5.41, 5.74) is 11.7. The van der Waals surface area contributed by atoms with Gasteiger partial charge in [-0.25, -0.2) is 9.97 Å². The van der Waals surface area contributed by atoms with E-state index in [1.54, 1.807) is 0 Å². The van der Waals surface area contributed by atoms with Crippen molar-refractivity contribution < 1.29 is 4.42 Å². The number of rotatable bonds is 4. The molecule has 0 unspecified atom stereocenters. The zero-order valence-corrected chi connectivity index (χ0v) is 27.4. The number of hydrogen-bond acceptors (Lipinski definition) is 3. The largest absolute Gasteiger partial charge is 0.452 e. The molecule has 0 amide bonds. The van der Waals surface area contributed by atoms with Crippen LogP contribution in [0.3, 0.4) is 0 Å². The first-order valence-corrected chi connectivity index (χ1v) is 17.2. The molecule has 0 saturated carbocycles. The molecular weight excluding hydrogens is 625 g/mol. The molecule has 0 spiro atoms. The van der Waals surface area contributed by atoms with Gasteiger partial charge in [0.2, 0.25) is 5.95 Å². The minimum atomic E-state index is 0.602. The first-order valence-electron chi connectivity index (χ1n) is 17.2. The number of nitrogens with zero attached hydrogens (tertiary/aromatic N) is 4. The van der Waals surface area contributed by atoms with Gasteiger partial charge < -0.3 is 8.98 Å².